The van der Waals surface area contributed by atoms with Crippen molar-refractivity contribution in [2.75, 3.05) is 26.8 Å². The number of aliphatic hydroxyl groups excluding tert-OH is 1. The summed E-state index contributed by atoms with van der Waals surface area (Å²) in [5, 5.41) is 17.5. The molecule has 37 heavy (non-hydrogen) atoms. The van der Waals surface area contributed by atoms with Gasteiger partial charge in [0.25, 0.3) is 5.91 Å². The minimum Gasteiger partial charge on any atom is -0.499 e. The number of carbonyl (C=O) groups excluding carboxylic acids is 1. The first kappa shape index (κ1) is 30.8. The standard InChI is InChI=1S/C21H25Br4N3O8S/c1-34-18-14(24)9-21(19(29)16(18)25)10-15(28-36-21)20(30)26-4-2-6-35-17-12(22)7-11(8-13(17)23)3-5-27-37(31,32)33/h7-8,14,19,27,29H,2-6,9-10H2,1H3,(H,26,30)(H,31,32,33). The number of aliphatic hydroxyl groups is 1. The van der Waals surface area contributed by atoms with Crippen LogP contribution in [0.3, 0.4) is 0 Å². The number of nitrogens with zero attached hydrogens (tertiary/aromatic N) is 1. The van der Waals surface area contributed by atoms with Gasteiger partial charge in [-0.3, -0.25) is 9.35 Å². The predicted molar refractivity (Wildman–Crippen MR) is 150 cm³/mol. The number of methoxy groups -OCH3 is 1. The molecule has 3 unspecified atom stereocenters. The Morgan fingerprint density at radius 3 is 2.57 bits per heavy atom. The number of alkyl halides is 1. The van der Waals surface area contributed by atoms with E-state index in [4.69, 9.17) is 18.9 Å². The Kier molecular flexibility index (Phi) is 10.9. The first-order valence-electron chi connectivity index (χ1n) is 11.0. The lowest BCUT2D eigenvalue weighted by Crippen LogP contribution is -2.49. The van der Waals surface area contributed by atoms with Crippen LogP contribution in [-0.4, -0.2) is 73.0 Å². The van der Waals surface area contributed by atoms with Crippen molar-refractivity contribution in [1.82, 2.24) is 10.0 Å². The van der Waals surface area contributed by atoms with Crippen LogP contribution >= 0.6 is 63.7 Å². The topological polar surface area (TPSA) is 156 Å². The molecule has 0 fully saturated rings. The van der Waals surface area contributed by atoms with Crippen molar-refractivity contribution < 1.29 is 37.2 Å². The summed E-state index contributed by atoms with van der Waals surface area (Å²) in [6.45, 7) is 0.697. The molecule has 1 aliphatic carbocycles. The quantitative estimate of drug-likeness (QED) is 0.151. The maximum Gasteiger partial charge on any atom is 0.333 e. The molecule has 1 aliphatic heterocycles. The number of nitrogens with one attached hydrogen (secondary N) is 2. The van der Waals surface area contributed by atoms with Crippen molar-refractivity contribution in [3.05, 3.63) is 36.9 Å². The van der Waals surface area contributed by atoms with Crippen LogP contribution in [0.25, 0.3) is 0 Å². The second-order valence-electron chi connectivity index (χ2n) is 8.33. The summed E-state index contributed by atoms with van der Waals surface area (Å²) in [6.07, 6.45) is 0.381. The normalized spacial score (nSPS) is 23.6. The van der Waals surface area contributed by atoms with Gasteiger partial charge in [0.2, 0.25) is 0 Å². The fourth-order valence-electron chi connectivity index (χ4n) is 3.89. The number of oxime groups is 1. The van der Waals surface area contributed by atoms with Crippen molar-refractivity contribution in [2.24, 2.45) is 5.16 Å². The van der Waals surface area contributed by atoms with Crippen LogP contribution in [0.5, 0.6) is 5.75 Å². The molecule has 16 heteroatoms. The number of rotatable bonds is 11. The Hall–Kier alpha value is -0.750. The summed E-state index contributed by atoms with van der Waals surface area (Å²) in [7, 11) is -2.71. The Bertz CT molecular complexity index is 1170. The molecule has 0 bridgehead atoms. The van der Waals surface area contributed by atoms with Crippen molar-refractivity contribution in [1.29, 1.82) is 0 Å². The van der Waals surface area contributed by atoms with Crippen LogP contribution in [0.15, 0.2) is 36.5 Å². The number of amides is 1. The molecule has 1 spiro atoms. The molecule has 11 nitrogen and oxygen atoms in total. The lowest BCUT2D eigenvalue weighted by atomic mass is 9.82. The lowest BCUT2D eigenvalue weighted by Gasteiger charge is -2.38. The van der Waals surface area contributed by atoms with E-state index in [1.165, 1.54) is 7.11 Å². The van der Waals surface area contributed by atoms with Crippen LogP contribution in [0.1, 0.15) is 24.8 Å². The van der Waals surface area contributed by atoms with Gasteiger partial charge in [-0.05, 0) is 78.3 Å². The van der Waals surface area contributed by atoms with E-state index >= 15 is 0 Å². The highest BCUT2D eigenvalue weighted by molar-refractivity contribution is 9.12. The minimum absolute atomic E-state index is 0.0485. The van der Waals surface area contributed by atoms with E-state index in [0.29, 0.717) is 57.4 Å². The molecule has 0 saturated carbocycles. The molecule has 0 radical (unpaired) electrons. The van der Waals surface area contributed by atoms with E-state index in [1.54, 1.807) is 12.1 Å². The maximum atomic E-state index is 12.6. The molecular weight excluding hydrogens is 774 g/mol. The first-order chi connectivity index (χ1) is 17.4. The average molecular weight is 799 g/mol. The van der Waals surface area contributed by atoms with Crippen molar-refractivity contribution >= 4 is 85.6 Å². The van der Waals surface area contributed by atoms with Crippen LogP contribution in [0.2, 0.25) is 0 Å². The number of benzene rings is 1. The minimum atomic E-state index is -4.23. The van der Waals surface area contributed by atoms with Crippen molar-refractivity contribution in [3.63, 3.8) is 0 Å². The molecule has 206 valence electrons. The molecule has 1 aromatic carbocycles. The smallest absolute Gasteiger partial charge is 0.333 e. The average Bonchev–Trinajstić information content (AvgIpc) is 3.23. The molecule has 0 saturated heterocycles. The number of halogens is 4. The zero-order valence-electron chi connectivity index (χ0n) is 19.5. The lowest BCUT2D eigenvalue weighted by molar-refractivity contribution is -0.114. The second-order valence-corrected chi connectivity index (χ2v) is 13.2. The van der Waals surface area contributed by atoms with Gasteiger partial charge in [-0.1, -0.05) is 21.1 Å². The Labute approximate surface area is 248 Å². The van der Waals surface area contributed by atoms with Crippen LogP contribution in [0.4, 0.5) is 0 Å². The van der Waals surface area contributed by atoms with Crippen LogP contribution in [0, 0.1) is 0 Å². The summed E-state index contributed by atoms with van der Waals surface area (Å²) in [5.41, 5.74) is -0.0367. The Morgan fingerprint density at radius 1 is 1.27 bits per heavy atom. The van der Waals surface area contributed by atoms with Gasteiger partial charge in [0.1, 0.15) is 23.3 Å². The Morgan fingerprint density at radius 2 is 1.95 bits per heavy atom. The van der Waals surface area contributed by atoms with Crippen LogP contribution < -0.4 is 14.8 Å². The summed E-state index contributed by atoms with van der Waals surface area (Å²) in [4.78, 5) is 18.0. The van der Waals surface area contributed by atoms with Gasteiger partial charge >= 0.3 is 10.3 Å². The number of carbonyl (C=O) groups is 1. The van der Waals surface area contributed by atoms with Gasteiger partial charge in [-0.2, -0.15) is 13.1 Å². The number of allylic oxidation sites excluding steroid dienone is 1. The summed E-state index contributed by atoms with van der Waals surface area (Å²) < 4.78 is 45.3. The number of hydrogen-bond donors (Lipinski definition) is 4. The van der Waals surface area contributed by atoms with E-state index < -0.39 is 22.0 Å². The van der Waals surface area contributed by atoms with E-state index in [1.807, 2.05) is 4.72 Å². The first-order valence-corrected chi connectivity index (χ1v) is 15.7. The maximum absolute atomic E-state index is 12.6. The van der Waals surface area contributed by atoms with Crippen molar-refractivity contribution in [2.45, 2.75) is 42.2 Å². The van der Waals surface area contributed by atoms with Crippen LogP contribution in [-0.2, 0) is 31.1 Å². The fraction of sp³-hybridized carbons (Fsp3) is 0.524. The fourth-order valence-corrected chi connectivity index (χ4v) is 7.90. The van der Waals surface area contributed by atoms with E-state index in [9.17, 15) is 18.3 Å². The molecular formula is C21H25Br4N3O8S. The SMILES string of the molecule is COC1=C(Br)C(O)C2(CC(C(=O)NCCCOc3c(Br)cc(CCNS(=O)(=O)O)cc3Br)=NO2)CC1Br. The van der Waals surface area contributed by atoms with Gasteiger partial charge in [0, 0.05) is 25.9 Å². The highest BCUT2D eigenvalue weighted by Gasteiger charge is 2.53. The van der Waals surface area contributed by atoms with Gasteiger partial charge in [-0.15, -0.1) is 0 Å². The number of hydrogen-bond acceptors (Lipinski definition) is 8. The molecule has 1 amide bonds. The largest absolute Gasteiger partial charge is 0.499 e. The zero-order valence-corrected chi connectivity index (χ0v) is 26.6. The second kappa shape index (κ2) is 13.1. The monoisotopic (exact) mass is 795 g/mol. The van der Waals surface area contributed by atoms with Gasteiger partial charge in [-0.25, -0.2) is 0 Å². The highest BCUT2D eigenvalue weighted by atomic mass is 79.9. The number of ether oxygens (including phenoxy) is 2. The summed E-state index contributed by atoms with van der Waals surface area (Å²) in [6, 6.07) is 3.59. The van der Waals surface area contributed by atoms with Gasteiger partial charge in [0.05, 0.1) is 32.0 Å². The molecule has 1 aromatic rings. The third-order valence-electron chi connectivity index (χ3n) is 5.68. The highest BCUT2D eigenvalue weighted by Crippen LogP contribution is 2.45. The molecule has 0 aromatic heterocycles. The summed E-state index contributed by atoms with van der Waals surface area (Å²) >= 11 is 13.8. The molecule has 1 heterocycles. The predicted octanol–water partition coefficient (Wildman–Crippen LogP) is 3.33. The molecule has 2 aliphatic rings. The molecule has 3 rings (SSSR count). The zero-order chi connectivity index (χ0) is 27.4. The van der Waals surface area contributed by atoms with Gasteiger partial charge in [0.15, 0.2) is 5.60 Å². The summed E-state index contributed by atoms with van der Waals surface area (Å²) in [5.74, 6) is 0.762. The Balaban J connectivity index is 1.44. The molecule has 3 atom stereocenters. The van der Waals surface area contributed by atoms with E-state index in [2.05, 4.69) is 74.2 Å². The third-order valence-corrected chi connectivity index (χ3v) is 8.99. The van der Waals surface area contributed by atoms with Gasteiger partial charge < -0.3 is 24.7 Å². The van der Waals surface area contributed by atoms with E-state index in [0.717, 1.165) is 5.56 Å². The molecule has 4 N–H and O–H groups in total. The van der Waals surface area contributed by atoms with E-state index in [-0.39, 0.29) is 29.4 Å². The third kappa shape index (κ3) is 7.90. The van der Waals surface area contributed by atoms with Crippen molar-refractivity contribution in [3.8, 4) is 5.75 Å².